The van der Waals surface area contributed by atoms with Crippen molar-refractivity contribution in [1.82, 2.24) is 39.1 Å². The predicted molar refractivity (Wildman–Crippen MR) is 109 cm³/mol. The molecule has 0 radical (unpaired) electrons. The highest BCUT2D eigenvalue weighted by Crippen LogP contribution is 2.23. The summed E-state index contributed by atoms with van der Waals surface area (Å²) in [6.07, 6.45) is 1.85. The summed E-state index contributed by atoms with van der Waals surface area (Å²) >= 11 is 0. The Labute approximate surface area is 165 Å². The second-order valence-corrected chi connectivity index (χ2v) is 7.19. The third-order valence-corrected chi connectivity index (χ3v) is 5.08. The van der Waals surface area contributed by atoms with Crippen molar-refractivity contribution in [2.24, 2.45) is 0 Å². The second kappa shape index (κ2) is 6.47. The fourth-order valence-corrected chi connectivity index (χ4v) is 3.73. The highest BCUT2D eigenvalue weighted by molar-refractivity contribution is 6.03. The minimum atomic E-state index is -0.0466. The molecule has 0 atom stereocenters. The Bertz CT molecular complexity index is 1440. The summed E-state index contributed by atoms with van der Waals surface area (Å²) in [4.78, 5) is 17.9. The van der Waals surface area contributed by atoms with Crippen LogP contribution < -0.4 is 5.56 Å². The molecule has 0 N–H and O–H groups in total. The number of unbranched alkanes of at least 4 members (excludes halogenated alkanes) is 1. The van der Waals surface area contributed by atoms with Crippen LogP contribution in [0, 0.1) is 13.8 Å². The van der Waals surface area contributed by atoms with Crippen molar-refractivity contribution in [3.63, 3.8) is 0 Å². The Kier molecular flexibility index (Phi) is 3.90. The first kappa shape index (κ1) is 17.5. The molecule has 9 nitrogen and oxygen atoms in total. The summed E-state index contributed by atoms with van der Waals surface area (Å²) < 4.78 is 5.00. The Morgan fingerprint density at radius 2 is 1.83 bits per heavy atom. The lowest BCUT2D eigenvalue weighted by Gasteiger charge is -2.10. The number of pyridine rings is 1. The van der Waals surface area contributed by atoms with Crippen molar-refractivity contribution in [1.29, 1.82) is 0 Å². The fraction of sp³-hybridized carbons (Fsp3) is 0.300. The Hall–Kier alpha value is -3.62. The van der Waals surface area contributed by atoms with E-state index in [4.69, 9.17) is 0 Å². The van der Waals surface area contributed by atoms with Gasteiger partial charge in [-0.05, 0) is 32.4 Å². The van der Waals surface area contributed by atoms with Crippen LogP contribution in [0.3, 0.4) is 0 Å². The van der Waals surface area contributed by atoms with Gasteiger partial charge < -0.3 is 0 Å². The molecule has 0 fully saturated rings. The zero-order chi connectivity index (χ0) is 20.1. The van der Waals surface area contributed by atoms with Gasteiger partial charge in [-0.25, -0.2) is 9.67 Å². The maximum Gasteiger partial charge on any atom is 0.287 e. The van der Waals surface area contributed by atoms with E-state index >= 15 is 0 Å². The summed E-state index contributed by atoms with van der Waals surface area (Å²) in [5.74, 6) is 0.691. The Morgan fingerprint density at radius 1 is 1.03 bits per heavy atom. The highest BCUT2D eigenvalue weighted by Gasteiger charge is 2.19. The van der Waals surface area contributed by atoms with Gasteiger partial charge in [0.1, 0.15) is 5.52 Å². The summed E-state index contributed by atoms with van der Waals surface area (Å²) in [5, 5.41) is 19.0. The third kappa shape index (κ3) is 2.61. The third-order valence-electron chi connectivity index (χ3n) is 5.08. The summed E-state index contributed by atoms with van der Waals surface area (Å²) in [6.45, 7) is 6.53. The smallest absolute Gasteiger partial charge is 0.287 e. The lowest BCUT2D eigenvalue weighted by atomic mass is 10.1. The van der Waals surface area contributed by atoms with Crippen LogP contribution in [0.5, 0.6) is 0 Å². The number of imidazole rings is 1. The van der Waals surface area contributed by atoms with E-state index in [0.29, 0.717) is 34.8 Å². The van der Waals surface area contributed by atoms with Crippen molar-refractivity contribution in [3.8, 4) is 5.95 Å². The molecule has 5 aromatic rings. The molecule has 0 aliphatic heterocycles. The van der Waals surface area contributed by atoms with Gasteiger partial charge in [-0.15, -0.1) is 15.3 Å². The fourth-order valence-electron chi connectivity index (χ4n) is 3.73. The van der Waals surface area contributed by atoms with E-state index in [0.717, 1.165) is 29.6 Å². The molecule has 0 unspecified atom stereocenters. The van der Waals surface area contributed by atoms with E-state index in [-0.39, 0.29) is 5.56 Å². The second-order valence-electron chi connectivity index (χ2n) is 7.19. The van der Waals surface area contributed by atoms with Gasteiger partial charge >= 0.3 is 0 Å². The Balaban J connectivity index is 1.89. The molecule has 9 heteroatoms. The van der Waals surface area contributed by atoms with Crippen LogP contribution in [0.2, 0.25) is 0 Å². The van der Waals surface area contributed by atoms with E-state index in [1.54, 1.807) is 13.8 Å². The number of aromatic nitrogens is 8. The predicted octanol–water partition coefficient (Wildman–Crippen LogP) is 2.59. The quantitative estimate of drug-likeness (QED) is 0.470. The molecular weight excluding hydrogens is 368 g/mol. The molecule has 29 heavy (non-hydrogen) atoms. The number of aryl methyl sites for hydroxylation is 3. The highest BCUT2D eigenvalue weighted by atomic mass is 16.1. The van der Waals surface area contributed by atoms with Crippen molar-refractivity contribution >= 4 is 27.7 Å². The average molecular weight is 388 g/mol. The maximum atomic E-state index is 13.2. The molecule has 0 saturated heterocycles. The van der Waals surface area contributed by atoms with Gasteiger partial charge in [0.25, 0.3) is 17.3 Å². The molecule has 4 aromatic heterocycles. The van der Waals surface area contributed by atoms with Crippen LogP contribution in [-0.4, -0.2) is 39.1 Å². The zero-order valence-electron chi connectivity index (χ0n) is 16.5. The minimum absolute atomic E-state index is 0.0466. The van der Waals surface area contributed by atoms with Crippen molar-refractivity contribution in [2.45, 2.75) is 40.2 Å². The lowest BCUT2D eigenvalue weighted by Crippen LogP contribution is -2.22. The van der Waals surface area contributed by atoms with Gasteiger partial charge in [-0.2, -0.15) is 9.61 Å². The molecule has 5 rings (SSSR count). The molecule has 0 spiro atoms. The first-order valence-electron chi connectivity index (χ1n) is 9.67. The molecule has 0 amide bonds. The Morgan fingerprint density at radius 3 is 2.55 bits per heavy atom. The largest absolute Gasteiger partial charge is 0.291 e. The molecule has 146 valence electrons. The van der Waals surface area contributed by atoms with Crippen molar-refractivity contribution in [2.75, 3.05) is 0 Å². The van der Waals surface area contributed by atoms with Crippen LogP contribution in [0.1, 0.15) is 31.2 Å². The van der Waals surface area contributed by atoms with Crippen LogP contribution in [-0.2, 0) is 6.54 Å². The number of benzene rings is 1. The maximum absolute atomic E-state index is 13.2. The summed E-state index contributed by atoms with van der Waals surface area (Å²) in [6, 6.07) is 9.47. The van der Waals surface area contributed by atoms with Crippen molar-refractivity contribution in [3.05, 3.63) is 52.1 Å². The summed E-state index contributed by atoms with van der Waals surface area (Å²) in [7, 11) is 0. The molecular formula is C20H20N8O. The first-order chi connectivity index (χ1) is 14.1. The van der Waals surface area contributed by atoms with Crippen LogP contribution in [0.15, 0.2) is 35.1 Å². The van der Waals surface area contributed by atoms with Crippen LogP contribution in [0.4, 0.5) is 0 Å². The van der Waals surface area contributed by atoms with E-state index in [2.05, 4.69) is 32.3 Å². The van der Waals surface area contributed by atoms with Crippen LogP contribution in [0.25, 0.3) is 33.7 Å². The van der Waals surface area contributed by atoms with Gasteiger partial charge in [-0.3, -0.25) is 9.36 Å². The molecule has 4 heterocycles. The normalized spacial score (nSPS) is 11.8. The van der Waals surface area contributed by atoms with Gasteiger partial charge in [-0.1, -0.05) is 31.5 Å². The van der Waals surface area contributed by atoms with Gasteiger partial charge in [0, 0.05) is 23.0 Å². The minimum Gasteiger partial charge on any atom is -0.291 e. The molecule has 0 aliphatic carbocycles. The zero-order valence-corrected chi connectivity index (χ0v) is 16.5. The standard InChI is InChI=1S/C20H20N8O/c1-4-5-10-26-17-16(14-8-6-7-9-15(14)18(26)29)21-19-22-23-20(25-28(17)19)27-13(3)11-12(2)24-27/h6-9,11H,4-5,10H2,1-3H3. The molecule has 0 saturated carbocycles. The van der Waals surface area contributed by atoms with Gasteiger partial charge in [0.05, 0.1) is 5.69 Å². The SMILES string of the molecule is CCCCn1c(=O)c2ccccc2c2nc3nnc(-n4nc(C)cc4C)nn3c21. The number of hydrogen-bond donors (Lipinski definition) is 0. The number of nitrogens with zero attached hydrogens (tertiary/aromatic N) is 8. The van der Waals surface area contributed by atoms with Gasteiger partial charge in [0.2, 0.25) is 0 Å². The monoisotopic (exact) mass is 388 g/mol. The topological polar surface area (TPSA) is 95.8 Å². The van der Waals surface area contributed by atoms with Crippen molar-refractivity contribution < 1.29 is 0 Å². The molecule has 0 aliphatic rings. The molecule has 0 bridgehead atoms. The van der Waals surface area contributed by atoms with E-state index in [9.17, 15) is 4.79 Å². The van der Waals surface area contributed by atoms with Crippen LogP contribution >= 0.6 is 0 Å². The first-order valence-corrected chi connectivity index (χ1v) is 9.67. The average Bonchev–Trinajstić information content (AvgIpc) is 3.27. The lowest BCUT2D eigenvalue weighted by molar-refractivity contribution is 0.620. The number of fused-ring (bicyclic) bond motifs is 5. The van der Waals surface area contributed by atoms with E-state index in [1.165, 1.54) is 0 Å². The summed E-state index contributed by atoms with van der Waals surface area (Å²) in [5.41, 5.74) is 3.06. The van der Waals surface area contributed by atoms with E-state index < -0.39 is 0 Å². The molecule has 1 aromatic carbocycles. The number of rotatable bonds is 4. The van der Waals surface area contributed by atoms with Gasteiger partial charge in [0.15, 0.2) is 5.65 Å². The number of hydrogen-bond acceptors (Lipinski definition) is 6. The van der Waals surface area contributed by atoms with E-state index in [1.807, 2.05) is 44.2 Å².